The van der Waals surface area contributed by atoms with Crippen LogP contribution in [-0.2, 0) is 9.53 Å². The number of furan rings is 1. The zero-order chi connectivity index (χ0) is 18.4. The number of nitrogens with zero attached hydrogens (tertiary/aromatic N) is 1. The van der Waals surface area contributed by atoms with Gasteiger partial charge in [0, 0.05) is 25.7 Å². The van der Waals surface area contributed by atoms with E-state index >= 15 is 0 Å². The smallest absolute Gasteiger partial charge is 0.244 e. The monoisotopic (exact) mass is 358 g/mol. The number of amides is 1. The highest BCUT2D eigenvalue weighted by molar-refractivity contribution is 5.91. The fraction of sp³-hybridized carbons (Fsp3) is 0.350. The number of halogens is 1. The third-order valence-electron chi connectivity index (χ3n) is 4.37. The second-order valence-electron chi connectivity index (χ2n) is 6.24. The SMILES string of the molecule is Cc1ccc(/C=C/C(=O)NCC(c2ccc(F)cc2)N2CCOCC2)o1. The lowest BCUT2D eigenvalue weighted by Gasteiger charge is -2.34. The van der Waals surface area contributed by atoms with Gasteiger partial charge >= 0.3 is 0 Å². The number of hydrogen-bond donors (Lipinski definition) is 1. The molecular weight excluding hydrogens is 335 g/mol. The van der Waals surface area contributed by atoms with Gasteiger partial charge in [-0.05, 0) is 42.8 Å². The van der Waals surface area contributed by atoms with E-state index in [1.54, 1.807) is 18.2 Å². The molecule has 1 aliphatic heterocycles. The number of nitrogens with one attached hydrogen (secondary N) is 1. The van der Waals surface area contributed by atoms with Gasteiger partial charge in [0.2, 0.25) is 5.91 Å². The molecule has 26 heavy (non-hydrogen) atoms. The van der Waals surface area contributed by atoms with Crippen molar-refractivity contribution in [2.24, 2.45) is 0 Å². The first-order chi connectivity index (χ1) is 12.6. The molecule has 1 aromatic carbocycles. The van der Waals surface area contributed by atoms with Crippen molar-refractivity contribution in [3.63, 3.8) is 0 Å². The van der Waals surface area contributed by atoms with E-state index in [4.69, 9.17) is 9.15 Å². The maximum Gasteiger partial charge on any atom is 0.244 e. The summed E-state index contributed by atoms with van der Waals surface area (Å²) < 4.78 is 24.1. The molecule has 1 saturated heterocycles. The van der Waals surface area contributed by atoms with Crippen LogP contribution in [0.3, 0.4) is 0 Å². The Labute approximate surface area is 152 Å². The average molecular weight is 358 g/mol. The van der Waals surface area contributed by atoms with Gasteiger partial charge in [-0.3, -0.25) is 9.69 Å². The van der Waals surface area contributed by atoms with Gasteiger partial charge in [-0.1, -0.05) is 12.1 Å². The van der Waals surface area contributed by atoms with Crippen molar-refractivity contribution in [1.82, 2.24) is 10.2 Å². The second-order valence-corrected chi connectivity index (χ2v) is 6.24. The summed E-state index contributed by atoms with van der Waals surface area (Å²) in [7, 11) is 0. The molecule has 0 aliphatic carbocycles. The lowest BCUT2D eigenvalue weighted by Crippen LogP contribution is -2.43. The normalized spacial score (nSPS) is 16.7. The molecule has 138 valence electrons. The van der Waals surface area contributed by atoms with Gasteiger partial charge in [0.25, 0.3) is 0 Å². The molecule has 1 amide bonds. The van der Waals surface area contributed by atoms with Crippen LogP contribution >= 0.6 is 0 Å². The molecule has 1 aromatic heterocycles. The van der Waals surface area contributed by atoms with Crippen LogP contribution in [0.5, 0.6) is 0 Å². The number of benzene rings is 1. The first kappa shape index (κ1) is 18.4. The molecule has 3 rings (SSSR count). The van der Waals surface area contributed by atoms with Gasteiger partial charge in [0.05, 0.1) is 19.3 Å². The van der Waals surface area contributed by atoms with Gasteiger partial charge in [-0.15, -0.1) is 0 Å². The van der Waals surface area contributed by atoms with Crippen LogP contribution in [0.2, 0.25) is 0 Å². The van der Waals surface area contributed by atoms with Crippen LogP contribution in [0.1, 0.15) is 23.1 Å². The molecule has 0 saturated carbocycles. The number of hydrogen-bond acceptors (Lipinski definition) is 4. The fourth-order valence-corrected chi connectivity index (χ4v) is 2.99. The van der Waals surface area contributed by atoms with Gasteiger partial charge in [-0.25, -0.2) is 4.39 Å². The Morgan fingerprint density at radius 2 is 1.96 bits per heavy atom. The molecule has 1 aliphatic rings. The average Bonchev–Trinajstić information content (AvgIpc) is 3.08. The Morgan fingerprint density at radius 1 is 1.23 bits per heavy atom. The summed E-state index contributed by atoms with van der Waals surface area (Å²) in [6.07, 6.45) is 3.10. The first-order valence-electron chi connectivity index (χ1n) is 8.71. The maximum atomic E-state index is 13.2. The van der Waals surface area contributed by atoms with E-state index in [2.05, 4.69) is 10.2 Å². The highest BCUT2D eigenvalue weighted by Gasteiger charge is 2.23. The molecule has 1 N–H and O–H groups in total. The van der Waals surface area contributed by atoms with Crippen LogP contribution in [0, 0.1) is 12.7 Å². The molecule has 5 nitrogen and oxygen atoms in total. The summed E-state index contributed by atoms with van der Waals surface area (Å²) in [5, 5.41) is 2.93. The Bertz CT molecular complexity index is 749. The van der Waals surface area contributed by atoms with E-state index < -0.39 is 0 Å². The molecule has 0 spiro atoms. The van der Waals surface area contributed by atoms with E-state index in [0.29, 0.717) is 25.5 Å². The predicted molar refractivity (Wildman–Crippen MR) is 97.0 cm³/mol. The van der Waals surface area contributed by atoms with E-state index in [-0.39, 0.29) is 17.8 Å². The Hall–Kier alpha value is -2.44. The highest BCUT2D eigenvalue weighted by Crippen LogP contribution is 2.21. The van der Waals surface area contributed by atoms with Crippen LogP contribution in [0.15, 0.2) is 46.9 Å². The quantitative estimate of drug-likeness (QED) is 0.807. The lowest BCUT2D eigenvalue weighted by atomic mass is 10.0. The first-order valence-corrected chi connectivity index (χ1v) is 8.71. The predicted octanol–water partition coefficient (Wildman–Crippen LogP) is 2.93. The molecule has 6 heteroatoms. The minimum Gasteiger partial charge on any atom is -0.462 e. The zero-order valence-corrected chi connectivity index (χ0v) is 14.8. The highest BCUT2D eigenvalue weighted by atomic mass is 19.1. The second kappa shape index (κ2) is 8.78. The number of morpholine rings is 1. The summed E-state index contributed by atoms with van der Waals surface area (Å²) in [5.41, 5.74) is 0.972. The summed E-state index contributed by atoms with van der Waals surface area (Å²) >= 11 is 0. The lowest BCUT2D eigenvalue weighted by molar-refractivity contribution is -0.116. The van der Waals surface area contributed by atoms with E-state index in [1.807, 2.05) is 19.1 Å². The van der Waals surface area contributed by atoms with Crippen molar-refractivity contribution in [3.8, 4) is 0 Å². The van der Waals surface area contributed by atoms with Crippen LogP contribution in [0.25, 0.3) is 6.08 Å². The van der Waals surface area contributed by atoms with Crippen LogP contribution in [0.4, 0.5) is 4.39 Å². The number of carbonyl (C=O) groups is 1. The van der Waals surface area contributed by atoms with Gasteiger partial charge < -0.3 is 14.5 Å². The van der Waals surface area contributed by atoms with Crippen molar-refractivity contribution in [2.75, 3.05) is 32.8 Å². The number of aryl methyl sites for hydroxylation is 1. The summed E-state index contributed by atoms with van der Waals surface area (Å²) in [6.45, 7) is 5.16. The minimum atomic E-state index is -0.268. The van der Waals surface area contributed by atoms with E-state index in [1.165, 1.54) is 18.2 Å². The van der Waals surface area contributed by atoms with Gasteiger partial charge in [-0.2, -0.15) is 0 Å². The largest absolute Gasteiger partial charge is 0.462 e. The Balaban J connectivity index is 1.64. The number of ether oxygens (including phenoxy) is 1. The van der Waals surface area contributed by atoms with Crippen molar-refractivity contribution in [1.29, 1.82) is 0 Å². The summed E-state index contributed by atoms with van der Waals surface area (Å²) in [4.78, 5) is 14.4. The number of rotatable bonds is 6. The maximum absolute atomic E-state index is 13.2. The molecular formula is C20H23FN2O3. The van der Waals surface area contributed by atoms with E-state index in [0.717, 1.165) is 24.4 Å². The van der Waals surface area contributed by atoms with Crippen LogP contribution < -0.4 is 5.32 Å². The molecule has 1 fully saturated rings. The zero-order valence-electron chi connectivity index (χ0n) is 14.8. The van der Waals surface area contributed by atoms with Crippen LogP contribution in [-0.4, -0.2) is 43.7 Å². The van der Waals surface area contributed by atoms with E-state index in [9.17, 15) is 9.18 Å². The molecule has 0 bridgehead atoms. The minimum absolute atomic E-state index is 0.0253. The molecule has 2 heterocycles. The third-order valence-corrected chi connectivity index (χ3v) is 4.37. The van der Waals surface area contributed by atoms with Crippen molar-refractivity contribution in [2.45, 2.75) is 13.0 Å². The standard InChI is InChI=1S/C20H23FN2O3/c1-15-2-7-18(26-15)8-9-20(24)22-14-19(23-10-12-25-13-11-23)16-3-5-17(21)6-4-16/h2-9,19H,10-14H2,1H3,(H,22,24)/b9-8+. The Morgan fingerprint density at radius 3 is 2.62 bits per heavy atom. The molecule has 0 radical (unpaired) electrons. The summed E-state index contributed by atoms with van der Waals surface area (Å²) in [6, 6.07) is 10.1. The number of carbonyl (C=O) groups excluding carboxylic acids is 1. The summed E-state index contributed by atoms with van der Waals surface area (Å²) in [5.74, 6) is 0.976. The van der Waals surface area contributed by atoms with Gasteiger partial charge in [0.1, 0.15) is 17.3 Å². The van der Waals surface area contributed by atoms with Crippen molar-refractivity contribution in [3.05, 3.63) is 65.4 Å². The van der Waals surface area contributed by atoms with Crippen molar-refractivity contribution < 1.29 is 18.3 Å². The van der Waals surface area contributed by atoms with Gasteiger partial charge in [0.15, 0.2) is 0 Å². The molecule has 1 unspecified atom stereocenters. The molecule has 2 aromatic rings. The fourth-order valence-electron chi connectivity index (χ4n) is 2.99. The van der Waals surface area contributed by atoms with Crippen molar-refractivity contribution >= 4 is 12.0 Å². The third kappa shape index (κ3) is 5.03. The Kier molecular flexibility index (Phi) is 6.20. The molecule has 1 atom stereocenters. The topological polar surface area (TPSA) is 54.7 Å².